The van der Waals surface area contributed by atoms with Gasteiger partial charge in [-0.05, 0) is 50.1 Å². The zero-order valence-electron chi connectivity index (χ0n) is 21.9. The fourth-order valence-corrected chi connectivity index (χ4v) is 5.62. The minimum absolute atomic E-state index is 0.0378. The molecule has 9 heteroatoms. The van der Waals surface area contributed by atoms with Gasteiger partial charge in [0.2, 0.25) is 11.8 Å². The summed E-state index contributed by atoms with van der Waals surface area (Å²) in [5.74, 6) is -0.823. The summed E-state index contributed by atoms with van der Waals surface area (Å²) >= 11 is 6.42. The molecule has 38 heavy (non-hydrogen) atoms. The lowest BCUT2D eigenvalue weighted by atomic mass is 10.1. The van der Waals surface area contributed by atoms with Crippen molar-refractivity contribution >= 4 is 39.1 Å². The highest BCUT2D eigenvalue weighted by Gasteiger charge is 2.33. The molecule has 0 heterocycles. The van der Waals surface area contributed by atoms with Crippen molar-refractivity contribution in [3.05, 3.63) is 95.0 Å². The Morgan fingerprint density at radius 2 is 1.58 bits per heavy atom. The Balaban J connectivity index is 1.99. The number of nitrogens with zero attached hydrogens (tertiary/aromatic N) is 2. The van der Waals surface area contributed by atoms with Crippen molar-refractivity contribution in [2.24, 2.45) is 0 Å². The first-order valence-corrected chi connectivity index (χ1v) is 14.4. The van der Waals surface area contributed by atoms with Gasteiger partial charge in [0.15, 0.2) is 0 Å². The highest BCUT2D eigenvalue weighted by atomic mass is 35.5. The molecule has 0 unspecified atom stereocenters. The summed E-state index contributed by atoms with van der Waals surface area (Å²) in [6, 6.07) is 21.3. The van der Waals surface area contributed by atoms with E-state index in [9.17, 15) is 18.0 Å². The number of rotatable bonds is 12. The Morgan fingerprint density at radius 1 is 0.947 bits per heavy atom. The number of amides is 2. The molecular formula is C29H34ClN3O4S. The first-order valence-electron chi connectivity index (χ1n) is 12.6. The third-order valence-electron chi connectivity index (χ3n) is 6.20. The lowest BCUT2D eigenvalue weighted by Gasteiger charge is -2.32. The Morgan fingerprint density at radius 3 is 2.21 bits per heavy atom. The number of anilines is 1. The average Bonchev–Trinajstić information content (AvgIpc) is 2.91. The van der Waals surface area contributed by atoms with E-state index >= 15 is 0 Å². The predicted octanol–water partition coefficient (Wildman–Crippen LogP) is 5.18. The summed E-state index contributed by atoms with van der Waals surface area (Å²) in [5, 5.41) is 3.06. The van der Waals surface area contributed by atoms with Crippen LogP contribution < -0.4 is 9.62 Å². The second-order valence-electron chi connectivity index (χ2n) is 9.10. The van der Waals surface area contributed by atoms with E-state index in [1.807, 2.05) is 44.2 Å². The molecule has 0 saturated heterocycles. The van der Waals surface area contributed by atoms with Crippen molar-refractivity contribution in [1.29, 1.82) is 0 Å². The summed E-state index contributed by atoms with van der Waals surface area (Å²) in [5.41, 5.74) is 1.91. The van der Waals surface area contributed by atoms with Crippen LogP contribution in [0.4, 0.5) is 5.69 Å². The molecule has 0 aromatic heterocycles. The molecule has 3 aromatic carbocycles. The van der Waals surface area contributed by atoms with Crippen LogP contribution in [-0.4, -0.2) is 44.3 Å². The Hall–Kier alpha value is -3.36. The van der Waals surface area contributed by atoms with E-state index in [0.29, 0.717) is 6.54 Å². The minimum atomic E-state index is -4.16. The quantitative estimate of drug-likeness (QED) is 0.312. The summed E-state index contributed by atoms with van der Waals surface area (Å²) in [6.07, 6.45) is 1.74. The van der Waals surface area contributed by atoms with Crippen LogP contribution in [-0.2, 0) is 26.2 Å². The van der Waals surface area contributed by atoms with E-state index < -0.39 is 28.5 Å². The summed E-state index contributed by atoms with van der Waals surface area (Å²) < 4.78 is 28.6. The molecule has 0 fully saturated rings. The number of halogens is 1. The summed E-state index contributed by atoms with van der Waals surface area (Å²) in [4.78, 5) is 28.2. The summed E-state index contributed by atoms with van der Waals surface area (Å²) in [6.45, 7) is 5.65. The van der Waals surface area contributed by atoms with Crippen LogP contribution in [0.15, 0.2) is 83.8 Å². The maximum Gasteiger partial charge on any atom is 0.264 e. The van der Waals surface area contributed by atoms with Crippen LogP contribution in [0.1, 0.15) is 37.8 Å². The average molecular weight is 556 g/mol. The van der Waals surface area contributed by atoms with Crippen LogP contribution in [0.25, 0.3) is 0 Å². The van der Waals surface area contributed by atoms with E-state index in [2.05, 4.69) is 5.32 Å². The second kappa shape index (κ2) is 13.4. The first kappa shape index (κ1) is 29.2. The number of para-hydroxylation sites is 1. The number of sulfonamides is 1. The number of carbonyl (C=O) groups is 2. The van der Waals surface area contributed by atoms with E-state index in [1.54, 1.807) is 43.3 Å². The zero-order chi connectivity index (χ0) is 27.7. The fourth-order valence-electron chi connectivity index (χ4n) is 3.90. The third kappa shape index (κ3) is 7.36. The van der Waals surface area contributed by atoms with Crippen molar-refractivity contribution < 1.29 is 18.0 Å². The van der Waals surface area contributed by atoms with Crippen molar-refractivity contribution in [1.82, 2.24) is 10.2 Å². The van der Waals surface area contributed by atoms with Gasteiger partial charge >= 0.3 is 0 Å². The van der Waals surface area contributed by atoms with Crippen LogP contribution in [0.3, 0.4) is 0 Å². The van der Waals surface area contributed by atoms with Gasteiger partial charge in [-0.2, -0.15) is 0 Å². The van der Waals surface area contributed by atoms with Crippen LogP contribution in [0.2, 0.25) is 5.02 Å². The number of hydrogen-bond donors (Lipinski definition) is 1. The molecule has 0 aliphatic carbocycles. The molecule has 0 bridgehead atoms. The Bertz CT molecular complexity index is 1330. The van der Waals surface area contributed by atoms with E-state index in [0.717, 1.165) is 28.3 Å². The van der Waals surface area contributed by atoms with E-state index in [-0.39, 0.29) is 28.1 Å². The molecule has 7 nitrogen and oxygen atoms in total. The molecule has 1 atom stereocenters. The molecule has 2 amide bonds. The van der Waals surface area contributed by atoms with Crippen molar-refractivity contribution in [2.75, 3.05) is 17.4 Å². The zero-order valence-corrected chi connectivity index (χ0v) is 23.5. The monoisotopic (exact) mass is 555 g/mol. The van der Waals surface area contributed by atoms with Crippen LogP contribution in [0, 0.1) is 6.92 Å². The number of hydrogen-bond acceptors (Lipinski definition) is 4. The van der Waals surface area contributed by atoms with Crippen molar-refractivity contribution in [3.63, 3.8) is 0 Å². The molecular weight excluding hydrogens is 522 g/mol. The molecule has 0 saturated carbocycles. The number of aryl methyl sites for hydroxylation is 1. The largest absolute Gasteiger partial charge is 0.354 e. The standard InChI is InChI=1S/C29H34ClN3O4S/c1-4-5-19-31-29(35)23(3)32(20-24-11-7-6-8-12-24)28(34)21-33(27-14-10-9-13-26(27)30)38(36,37)25-17-15-22(2)16-18-25/h6-18,23H,4-5,19-21H2,1-3H3,(H,31,35)/t23-/m0/s1. The number of carbonyl (C=O) groups excluding carboxylic acids is 2. The smallest absolute Gasteiger partial charge is 0.264 e. The number of nitrogens with one attached hydrogen (secondary N) is 1. The lowest BCUT2D eigenvalue weighted by Crippen LogP contribution is -2.51. The predicted molar refractivity (Wildman–Crippen MR) is 152 cm³/mol. The van der Waals surface area contributed by atoms with E-state index in [4.69, 9.17) is 11.6 Å². The molecule has 0 aliphatic heterocycles. The van der Waals surface area contributed by atoms with Crippen LogP contribution in [0.5, 0.6) is 0 Å². The van der Waals surface area contributed by atoms with Gasteiger partial charge in [-0.1, -0.05) is 85.1 Å². The van der Waals surface area contributed by atoms with Gasteiger partial charge < -0.3 is 10.2 Å². The first-order chi connectivity index (χ1) is 18.1. The van der Waals surface area contributed by atoms with Gasteiger partial charge in [0.25, 0.3) is 10.0 Å². The number of benzene rings is 3. The maximum atomic E-state index is 13.8. The second-order valence-corrected chi connectivity index (χ2v) is 11.4. The molecule has 0 radical (unpaired) electrons. The Labute approximate surface area is 230 Å². The minimum Gasteiger partial charge on any atom is -0.354 e. The van der Waals surface area contributed by atoms with Gasteiger partial charge in [-0.25, -0.2) is 8.42 Å². The van der Waals surface area contributed by atoms with Crippen molar-refractivity contribution in [2.45, 2.75) is 51.1 Å². The number of unbranched alkanes of at least 4 members (excludes halogenated alkanes) is 1. The van der Waals surface area contributed by atoms with Gasteiger partial charge in [0.1, 0.15) is 12.6 Å². The van der Waals surface area contributed by atoms with Gasteiger partial charge in [-0.15, -0.1) is 0 Å². The topological polar surface area (TPSA) is 86.8 Å². The normalized spacial score (nSPS) is 12.0. The SMILES string of the molecule is CCCCNC(=O)[C@H](C)N(Cc1ccccc1)C(=O)CN(c1ccccc1Cl)S(=O)(=O)c1ccc(C)cc1. The summed E-state index contributed by atoms with van der Waals surface area (Å²) in [7, 11) is -4.16. The molecule has 202 valence electrons. The Kier molecular flexibility index (Phi) is 10.3. The van der Waals surface area contributed by atoms with Gasteiger partial charge in [0.05, 0.1) is 15.6 Å². The molecule has 0 spiro atoms. The molecule has 1 N–H and O–H groups in total. The maximum absolute atomic E-state index is 13.8. The molecule has 3 rings (SSSR count). The lowest BCUT2D eigenvalue weighted by molar-refractivity contribution is -0.139. The molecule has 0 aliphatic rings. The van der Waals surface area contributed by atoms with Crippen LogP contribution >= 0.6 is 11.6 Å². The fraction of sp³-hybridized carbons (Fsp3) is 0.310. The highest BCUT2D eigenvalue weighted by Crippen LogP contribution is 2.30. The third-order valence-corrected chi connectivity index (χ3v) is 8.30. The highest BCUT2D eigenvalue weighted by molar-refractivity contribution is 7.92. The van der Waals surface area contributed by atoms with Gasteiger partial charge in [0, 0.05) is 13.1 Å². The van der Waals surface area contributed by atoms with Crippen molar-refractivity contribution in [3.8, 4) is 0 Å². The molecule has 3 aromatic rings. The van der Waals surface area contributed by atoms with Gasteiger partial charge in [-0.3, -0.25) is 13.9 Å². The van der Waals surface area contributed by atoms with E-state index in [1.165, 1.54) is 17.0 Å².